The molecule has 2 aliphatic rings. The van der Waals surface area contributed by atoms with Crippen LogP contribution in [0.4, 0.5) is 16.2 Å². The number of pyridine rings is 1. The first-order chi connectivity index (χ1) is 16.2. The Balaban J connectivity index is 0.00000126. The molecule has 3 aromatic heterocycles. The number of likely N-dealkylation sites (tertiary alicyclic amines) is 1. The minimum Gasteiger partial charge on any atom is -0.309 e. The van der Waals surface area contributed by atoms with Gasteiger partial charge in [-0.05, 0) is 69.8 Å². The molecule has 2 aliphatic heterocycles. The molecule has 3 aromatic rings. The highest BCUT2D eigenvalue weighted by atomic mass is 19.1. The van der Waals surface area contributed by atoms with Gasteiger partial charge in [-0.15, -0.1) is 0 Å². The fourth-order valence-corrected chi connectivity index (χ4v) is 4.59. The molecule has 0 radical (unpaired) electrons. The number of hydrogen-bond acceptors (Lipinski definition) is 6. The van der Waals surface area contributed by atoms with E-state index in [0.717, 1.165) is 63.0 Å². The first-order valence-corrected chi connectivity index (χ1v) is 12.2. The molecule has 1 fully saturated rings. The van der Waals surface area contributed by atoms with Crippen molar-refractivity contribution in [3.8, 4) is 11.3 Å². The second-order valence-electron chi connectivity index (χ2n) is 8.61. The Kier molecular flexibility index (Phi) is 7.65. The number of piperidine rings is 1. The van der Waals surface area contributed by atoms with E-state index < -0.39 is 5.82 Å². The van der Waals surface area contributed by atoms with Gasteiger partial charge in [0.2, 0.25) is 5.95 Å². The first kappa shape index (κ1) is 23.3. The van der Waals surface area contributed by atoms with Gasteiger partial charge in [-0.3, -0.25) is 4.68 Å². The normalized spacial score (nSPS) is 17.0. The van der Waals surface area contributed by atoms with Crippen LogP contribution in [0.25, 0.3) is 11.3 Å². The Morgan fingerprint density at radius 1 is 0.970 bits per heavy atom. The van der Waals surface area contributed by atoms with Gasteiger partial charge in [0.25, 0.3) is 0 Å². The molecule has 0 atom stereocenters. The van der Waals surface area contributed by atoms with E-state index in [1.165, 1.54) is 18.2 Å². The summed E-state index contributed by atoms with van der Waals surface area (Å²) in [5.41, 5.74) is 3.38. The van der Waals surface area contributed by atoms with E-state index >= 15 is 0 Å². The Hall–Kier alpha value is -2.87. The lowest BCUT2D eigenvalue weighted by atomic mass is 9.91. The highest BCUT2D eigenvalue weighted by Crippen LogP contribution is 2.30. The molecule has 5 heterocycles. The standard InChI is InChI=1S/C23H28FN7.C2H6/c1-30-11-8-16(9-12-30)17-6-7-21(25-13-17)28-23-26-15-19(24)22(29-23)18-14-27-31-10-4-2-3-5-20(18)31;1-2/h6-7,13-16H,2-5,8-12H2,1H3,(H,25,26,28,29);1-2H3. The Labute approximate surface area is 195 Å². The number of nitrogens with one attached hydrogen (secondary N) is 1. The summed E-state index contributed by atoms with van der Waals surface area (Å²) in [5.74, 6) is 1.12. The molecule has 0 unspecified atom stereocenters. The number of aromatic nitrogens is 5. The average molecular weight is 452 g/mol. The summed E-state index contributed by atoms with van der Waals surface area (Å²) in [6, 6.07) is 4.07. The van der Waals surface area contributed by atoms with Crippen molar-refractivity contribution in [2.24, 2.45) is 0 Å². The summed E-state index contributed by atoms with van der Waals surface area (Å²) < 4.78 is 16.6. The molecule has 1 saturated heterocycles. The minimum atomic E-state index is -0.434. The molecule has 7 nitrogen and oxygen atoms in total. The maximum atomic E-state index is 14.6. The van der Waals surface area contributed by atoms with Crippen LogP contribution in [-0.2, 0) is 13.0 Å². The van der Waals surface area contributed by atoms with Crippen molar-refractivity contribution in [2.75, 3.05) is 25.5 Å². The summed E-state index contributed by atoms with van der Waals surface area (Å²) in [4.78, 5) is 15.5. The number of fused-ring (bicyclic) bond motifs is 1. The van der Waals surface area contributed by atoms with Crippen molar-refractivity contribution in [1.29, 1.82) is 0 Å². The second-order valence-corrected chi connectivity index (χ2v) is 8.61. The fourth-order valence-electron chi connectivity index (χ4n) is 4.59. The third-order valence-corrected chi connectivity index (χ3v) is 6.45. The van der Waals surface area contributed by atoms with Gasteiger partial charge in [-0.2, -0.15) is 5.10 Å². The Bertz CT molecular complexity index is 1040. The van der Waals surface area contributed by atoms with Crippen molar-refractivity contribution >= 4 is 11.8 Å². The van der Waals surface area contributed by atoms with Crippen molar-refractivity contribution in [3.05, 3.63) is 47.8 Å². The predicted molar refractivity (Wildman–Crippen MR) is 129 cm³/mol. The van der Waals surface area contributed by atoms with Gasteiger partial charge >= 0.3 is 0 Å². The molecule has 0 bridgehead atoms. The van der Waals surface area contributed by atoms with Crippen LogP contribution in [0.2, 0.25) is 0 Å². The molecule has 0 saturated carbocycles. The zero-order valence-corrected chi connectivity index (χ0v) is 19.9. The molecule has 0 aliphatic carbocycles. The summed E-state index contributed by atoms with van der Waals surface area (Å²) >= 11 is 0. The van der Waals surface area contributed by atoms with Crippen LogP contribution in [0.15, 0.2) is 30.7 Å². The van der Waals surface area contributed by atoms with E-state index in [0.29, 0.717) is 23.4 Å². The number of halogens is 1. The van der Waals surface area contributed by atoms with E-state index in [4.69, 9.17) is 0 Å². The third-order valence-electron chi connectivity index (χ3n) is 6.45. The third kappa shape index (κ3) is 5.38. The van der Waals surface area contributed by atoms with E-state index in [-0.39, 0.29) is 0 Å². The predicted octanol–water partition coefficient (Wildman–Crippen LogP) is 5.18. The minimum absolute atomic E-state index is 0.295. The molecular formula is C25H34FN7. The van der Waals surface area contributed by atoms with Crippen LogP contribution in [0.3, 0.4) is 0 Å². The van der Waals surface area contributed by atoms with Crippen molar-refractivity contribution in [3.63, 3.8) is 0 Å². The highest BCUT2D eigenvalue weighted by Gasteiger charge is 2.21. The van der Waals surface area contributed by atoms with Gasteiger partial charge in [0.1, 0.15) is 11.5 Å². The molecule has 176 valence electrons. The van der Waals surface area contributed by atoms with Crippen molar-refractivity contribution < 1.29 is 4.39 Å². The number of anilines is 2. The van der Waals surface area contributed by atoms with E-state index in [2.05, 4.69) is 43.4 Å². The molecule has 0 spiro atoms. The van der Waals surface area contributed by atoms with Gasteiger partial charge < -0.3 is 10.2 Å². The Morgan fingerprint density at radius 3 is 2.55 bits per heavy atom. The number of nitrogens with zero attached hydrogens (tertiary/aromatic N) is 6. The fraction of sp³-hybridized carbons (Fsp3) is 0.520. The van der Waals surface area contributed by atoms with Crippen LogP contribution in [0, 0.1) is 5.82 Å². The van der Waals surface area contributed by atoms with Crippen LogP contribution in [-0.4, -0.2) is 49.8 Å². The summed E-state index contributed by atoms with van der Waals surface area (Å²) in [6.07, 6.45) is 11.4. The van der Waals surface area contributed by atoms with Crippen LogP contribution >= 0.6 is 0 Å². The molecule has 8 heteroatoms. The van der Waals surface area contributed by atoms with Gasteiger partial charge in [0.15, 0.2) is 5.82 Å². The maximum Gasteiger partial charge on any atom is 0.229 e. The number of aryl methyl sites for hydroxylation is 1. The van der Waals surface area contributed by atoms with Crippen molar-refractivity contribution in [1.82, 2.24) is 29.6 Å². The van der Waals surface area contributed by atoms with Crippen LogP contribution < -0.4 is 5.32 Å². The van der Waals surface area contributed by atoms with E-state index in [1.807, 2.05) is 30.8 Å². The smallest absolute Gasteiger partial charge is 0.229 e. The quantitative estimate of drug-likeness (QED) is 0.589. The molecule has 0 amide bonds. The highest BCUT2D eigenvalue weighted by molar-refractivity contribution is 5.64. The lowest BCUT2D eigenvalue weighted by Gasteiger charge is -2.29. The van der Waals surface area contributed by atoms with Crippen LogP contribution in [0.1, 0.15) is 63.1 Å². The zero-order valence-electron chi connectivity index (χ0n) is 19.9. The molecule has 5 rings (SSSR count). The first-order valence-electron chi connectivity index (χ1n) is 12.2. The molecule has 0 aromatic carbocycles. The molecule has 33 heavy (non-hydrogen) atoms. The lowest BCUT2D eigenvalue weighted by Crippen LogP contribution is -2.29. The van der Waals surface area contributed by atoms with Crippen LogP contribution in [0.5, 0.6) is 0 Å². The average Bonchev–Trinajstić information content (AvgIpc) is 3.10. The molecule has 1 N–H and O–H groups in total. The van der Waals surface area contributed by atoms with Gasteiger partial charge in [0.05, 0.1) is 12.4 Å². The summed E-state index contributed by atoms with van der Waals surface area (Å²) in [6.45, 7) is 7.12. The second kappa shape index (κ2) is 10.8. The summed E-state index contributed by atoms with van der Waals surface area (Å²) in [7, 11) is 2.17. The summed E-state index contributed by atoms with van der Waals surface area (Å²) in [5, 5.41) is 7.59. The van der Waals surface area contributed by atoms with Gasteiger partial charge in [-0.1, -0.05) is 26.3 Å². The SMILES string of the molecule is CC.CN1CCC(c2ccc(Nc3ncc(F)c(-c4cnn5c4CCCCC5)n3)nc2)CC1. The van der Waals surface area contributed by atoms with E-state index in [9.17, 15) is 4.39 Å². The van der Waals surface area contributed by atoms with Crippen molar-refractivity contribution in [2.45, 2.75) is 64.8 Å². The lowest BCUT2D eigenvalue weighted by molar-refractivity contribution is 0.255. The van der Waals surface area contributed by atoms with Gasteiger partial charge in [-0.25, -0.2) is 19.3 Å². The number of hydrogen-bond donors (Lipinski definition) is 1. The maximum absolute atomic E-state index is 14.6. The zero-order chi connectivity index (χ0) is 23.2. The number of rotatable bonds is 4. The van der Waals surface area contributed by atoms with Gasteiger partial charge in [0, 0.05) is 24.0 Å². The van der Waals surface area contributed by atoms with E-state index in [1.54, 1.807) is 6.20 Å². The monoisotopic (exact) mass is 451 g/mol. The largest absolute Gasteiger partial charge is 0.309 e. The Morgan fingerprint density at radius 2 is 1.79 bits per heavy atom. The topological polar surface area (TPSA) is 71.8 Å². The molecular weight excluding hydrogens is 417 g/mol.